The molecule has 0 amide bonds. The minimum atomic E-state index is 0.889. The van der Waals surface area contributed by atoms with E-state index in [2.05, 4.69) is 11.6 Å². The lowest BCUT2D eigenvalue weighted by Crippen LogP contribution is -1.69. The molecule has 0 heterocycles. The van der Waals surface area contributed by atoms with Crippen molar-refractivity contribution < 1.29 is 0 Å². The maximum Gasteiger partial charge on any atom is 0.0619 e. The lowest BCUT2D eigenvalue weighted by Gasteiger charge is -1.86. The fourth-order valence-corrected chi connectivity index (χ4v) is 0.508. The molecule has 0 bridgehead atoms. The Morgan fingerprint density at radius 3 is 2.50 bits per heavy atom. The Morgan fingerprint density at radius 2 is 2.10 bits per heavy atom. The van der Waals surface area contributed by atoms with E-state index in [-0.39, 0.29) is 0 Å². The third-order valence-corrected chi connectivity index (χ3v) is 0.947. The first-order valence-electron chi connectivity index (χ1n) is 3.29. The zero-order chi connectivity index (χ0) is 7.82. The van der Waals surface area contributed by atoms with Gasteiger partial charge in [-0.1, -0.05) is 18.7 Å². The van der Waals surface area contributed by atoms with Crippen LogP contribution in [-0.2, 0) is 0 Å². The Hall–Kier alpha value is -1.11. The Labute approximate surface area is 62.5 Å². The van der Waals surface area contributed by atoms with Crippen molar-refractivity contribution in [1.29, 1.82) is 0 Å². The van der Waals surface area contributed by atoms with E-state index in [4.69, 9.17) is 0 Å². The molecule has 54 valence electrons. The summed E-state index contributed by atoms with van der Waals surface area (Å²) in [4.78, 5) is 4.05. The average molecular weight is 135 g/mol. The van der Waals surface area contributed by atoms with E-state index in [1.54, 1.807) is 12.3 Å². The smallest absolute Gasteiger partial charge is 0.0619 e. The van der Waals surface area contributed by atoms with Crippen LogP contribution in [0.2, 0.25) is 0 Å². The Bertz CT molecular complexity index is 173. The molecule has 0 unspecified atom stereocenters. The van der Waals surface area contributed by atoms with Crippen LogP contribution >= 0.6 is 0 Å². The second-order valence-electron chi connectivity index (χ2n) is 1.71. The zero-order valence-electron chi connectivity index (χ0n) is 6.54. The van der Waals surface area contributed by atoms with Gasteiger partial charge < -0.3 is 0 Å². The molecule has 0 fully saturated rings. The second-order valence-corrected chi connectivity index (χ2v) is 1.71. The van der Waals surface area contributed by atoms with Crippen LogP contribution < -0.4 is 0 Å². The van der Waals surface area contributed by atoms with Crippen LogP contribution in [0.25, 0.3) is 0 Å². The summed E-state index contributed by atoms with van der Waals surface area (Å²) in [6.07, 6.45) is 9.27. The third-order valence-electron chi connectivity index (χ3n) is 0.947. The third kappa shape index (κ3) is 3.84. The van der Waals surface area contributed by atoms with Gasteiger partial charge in [0.25, 0.3) is 0 Å². The van der Waals surface area contributed by atoms with Crippen molar-refractivity contribution >= 4 is 6.21 Å². The van der Waals surface area contributed by atoms with Gasteiger partial charge in [-0.3, -0.25) is 4.99 Å². The Morgan fingerprint density at radius 1 is 1.40 bits per heavy atom. The number of nitrogens with zero attached hydrogens (tertiary/aromatic N) is 1. The van der Waals surface area contributed by atoms with Crippen molar-refractivity contribution in [2.45, 2.75) is 13.8 Å². The quantitative estimate of drug-likeness (QED) is 0.417. The summed E-state index contributed by atoms with van der Waals surface area (Å²) in [7, 11) is 0. The fourth-order valence-electron chi connectivity index (χ4n) is 0.508. The topological polar surface area (TPSA) is 12.4 Å². The van der Waals surface area contributed by atoms with Crippen LogP contribution in [0, 0.1) is 0 Å². The van der Waals surface area contributed by atoms with Crippen LogP contribution in [-0.4, -0.2) is 6.21 Å². The van der Waals surface area contributed by atoms with Crippen LogP contribution in [0.5, 0.6) is 0 Å². The summed E-state index contributed by atoms with van der Waals surface area (Å²) in [5, 5.41) is 0. The molecule has 0 atom stereocenters. The standard InChI is InChI=1S/C9H13N/c1-4-7-8-9(5-2)10-6-3/h4-8H,2H2,1,3H3/b7-4-,9-8?,10-6?. The molecule has 0 aromatic heterocycles. The first kappa shape index (κ1) is 8.89. The molecule has 0 aliphatic carbocycles. The molecule has 0 radical (unpaired) electrons. The maximum atomic E-state index is 4.05. The highest BCUT2D eigenvalue weighted by Gasteiger charge is 1.78. The number of allylic oxidation sites excluding steroid dienone is 4. The monoisotopic (exact) mass is 135 g/mol. The second kappa shape index (κ2) is 6.02. The highest BCUT2D eigenvalue weighted by Crippen LogP contribution is 1.96. The summed E-state index contributed by atoms with van der Waals surface area (Å²) >= 11 is 0. The van der Waals surface area contributed by atoms with E-state index in [0.717, 1.165) is 5.70 Å². The normalized spacial score (nSPS) is 13.2. The highest BCUT2D eigenvalue weighted by molar-refractivity contribution is 5.56. The lowest BCUT2D eigenvalue weighted by atomic mass is 10.4. The number of aliphatic imine (C=N–C) groups is 1. The molecule has 0 aromatic rings. The van der Waals surface area contributed by atoms with Gasteiger partial charge in [0.05, 0.1) is 5.70 Å². The van der Waals surface area contributed by atoms with E-state index in [1.807, 2.05) is 32.1 Å². The molecule has 0 saturated carbocycles. The predicted octanol–water partition coefficient (Wildman–Crippen LogP) is 2.72. The molecule has 0 rings (SSSR count). The van der Waals surface area contributed by atoms with Gasteiger partial charge in [0.2, 0.25) is 0 Å². The molecule has 0 N–H and O–H groups in total. The maximum absolute atomic E-state index is 4.05. The van der Waals surface area contributed by atoms with Gasteiger partial charge in [-0.05, 0) is 26.0 Å². The highest BCUT2D eigenvalue weighted by atomic mass is 14.7. The molecule has 1 heteroatoms. The zero-order valence-corrected chi connectivity index (χ0v) is 6.54. The molecule has 0 saturated heterocycles. The number of hydrogen-bond donors (Lipinski definition) is 0. The van der Waals surface area contributed by atoms with Crippen LogP contribution in [0.15, 0.2) is 41.6 Å². The first-order chi connectivity index (χ1) is 4.85. The van der Waals surface area contributed by atoms with E-state index in [0.29, 0.717) is 0 Å². The molecule has 0 aliphatic heterocycles. The molecule has 10 heavy (non-hydrogen) atoms. The van der Waals surface area contributed by atoms with Gasteiger partial charge in [0.1, 0.15) is 0 Å². The molecule has 1 nitrogen and oxygen atoms in total. The van der Waals surface area contributed by atoms with E-state index < -0.39 is 0 Å². The van der Waals surface area contributed by atoms with Crippen LogP contribution in [0.3, 0.4) is 0 Å². The van der Waals surface area contributed by atoms with Crippen molar-refractivity contribution in [2.24, 2.45) is 4.99 Å². The van der Waals surface area contributed by atoms with Gasteiger partial charge in [-0.2, -0.15) is 0 Å². The summed E-state index contributed by atoms with van der Waals surface area (Å²) < 4.78 is 0. The SMILES string of the molecule is C=CC(=C/C=C\C)N=CC. The van der Waals surface area contributed by atoms with Gasteiger partial charge in [-0.15, -0.1) is 0 Å². The van der Waals surface area contributed by atoms with E-state index in [1.165, 1.54) is 0 Å². The van der Waals surface area contributed by atoms with Gasteiger partial charge in [0, 0.05) is 6.21 Å². The summed E-state index contributed by atoms with van der Waals surface area (Å²) in [5.74, 6) is 0. The lowest BCUT2D eigenvalue weighted by molar-refractivity contribution is 1.42. The average Bonchev–Trinajstić information content (AvgIpc) is 1.98. The minimum absolute atomic E-state index is 0.889. The number of rotatable bonds is 3. The Kier molecular flexibility index (Phi) is 5.35. The van der Waals surface area contributed by atoms with Crippen LogP contribution in [0.4, 0.5) is 0 Å². The molecule has 0 spiro atoms. The van der Waals surface area contributed by atoms with Gasteiger partial charge in [-0.25, -0.2) is 0 Å². The molecular formula is C9H13N. The molecule has 0 aromatic carbocycles. The van der Waals surface area contributed by atoms with Crippen molar-refractivity contribution in [3.63, 3.8) is 0 Å². The fraction of sp³-hybridized carbons (Fsp3) is 0.222. The Balaban J connectivity index is 4.17. The van der Waals surface area contributed by atoms with E-state index in [9.17, 15) is 0 Å². The van der Waals surface area contributed by atoms with Crippen molar-refractivity contribution in [3.8, 4) is 0 Å². The van der Waals surface area contributed by atoms with Gasteiger partial charge >= 0.3 is 0 Å². The molecule has 0 aliphatic rings. The van der Waals surface area contributed by atoms with Crippen molar-refractivity contribution in [3.05, 3.63) is 36.6 Å². The van der Waals surface area contributed by atoms with Gasteiger partial charge in [0.15, 0.2) is 0 Å². The van der Waals surface area contributed by atoms with Crippen LogP contribution in [0.1, 0.15) is 13.8 Å². The van der Waals surface area contributed by atoms with Crippen molar-refractivity contribution in [2.75, 3.05) is 0 Å². The minimum Gasteiger partial charge on any atom is -0.262 e. The van der Waals surface area contributed by atoms with E-state index >= 15 is 0 Å². The van der Waals surface area contributed by atoms with Crippen molar-refractivity contribution in [1.82, 2.24) is 0 Å². The predicted molar refractivity (Wildman–Crippen MR) is 47.3 cm³/mol. The summed E-state index contributed by atoms with van der Waals surface area (Å²) in [6, 6.07) is 0. The summed E-state index contributed by atoms with van der Waals surface area (Å²) in [6.45, 7) is 7.46. The first-order valence-corrected chi connectivity index (χ1v) is 3.29. The largest absolute Gasteiger partial charge is 0.262 e. The molecular weight excluding hydrogens is 122 g/mol. The number of hydrogen-bond acceptors (Lipinski definition) is 1. The summed E-state index contributed by atoms with van der Waals surface area (Å²) in [5.41, 5.74) is 0.889.